The summed E-state index contributed by atoms with van der Waals surface area (Å²) in [7, 11) is 0. The van der Waals surface area contributed by atoms with E-state index >= 15 is 0 Å². The van der Waals surface area contributed by atoms with Crippen LogP contribution in [0.4, 0.5) is 5.13 Å². The van der Waals surface area contributed by atoms with Crippen molar-refractivity contribution >= 4 is 32.4 Å². The first kappa shape index (κ1) is 12.2. The first-order valence-corrected chi connectivity index (χ1v) is 7.97. The first-order valence-electron chi connectivity index (χ1n) is 6.30. The van der Waals surface area contributed by atoms with Crippen LogP contribution in [-0.4, -0.2) is 18.1 Å². The average Bonchev–Trinajstić information content (AvgIpc) is 2.90. The summed E-state index contributed by atoms with van der Waals surface area (Å²) in [4.78, 5) is 7.19. The Bertz CT molecular complexity index is 532. The molecule has 0 radical (unpaired) electrons. The highest BCUT2D eigenvalue weighted by Gasteiger charge is 2.15. The van der Waals surface area contributed by atoms with Gasteiger partial charge in [-0.3, -0.25) is 0 Å². The Hall–Kier alpha value is -0.870. The molecule has 0 N–H and O–H groups in total. The molecule has 0 unspecified atom stereocenters. The molecule has 1 aromatic heterocycles. The molecule has 2 aromatic rings. The van der Waals surface area contributed by atoms with E-state index in [9.17, 15) is 0 Å². The van der Waals surface area contributed by atoms with Crippen molar-refractivity contribution in [2.24, 2.45) is 0 Å². The second kappa shape index (κ2) is 5.41. The van der Waals surface area contributed by atoms with Gasteiger partial charge in [0.2, 0.25) is 0 Å². The minimum absolute atomic E-state index is 1.08. The molecule has 1 aliphatic rings. The second-order valence-corrected chi connectivity index (χ2v) is 6.23. The maximum Gasteiger partial charge on any atom is 0.185 e. The Morgan fingerprint density at radius 1 is 1.11 bits per heavy atom. The van der Waals surface area contributed by atoms with Crippen molar-refractivity contribution in [2.75, 3.05) is 18.0 Å². The highest BCUT2D eigenvalue weighted by Crippen LogP contribution is 2.32. The number of nitrogens with zero attached hydrogens (tertiary/aromatic N) is 2. The number of rotatable bonds is 2. The molecule has 0 atom stereocenters. The van der Waals surface area contributed by atoms with Crippen molar-refractivity contribution < 1.29 is 0 Å². The molecule has 1 saturated heterocycles. The predicted octanol–water partition coefficient (Wildman–Crippen LogP) is 4.56. The smallest absolute Gasteiger partial charge is 0.185 e. The maximum absolute atomic E-state index is 4.78. The van der Waals surface area contributed by atoms with Gasteiger partial charge in [0, 0.05) is 28.5 Å². The van der Waals surface area contributed by atoms with Crippen LogP contribution in [0.3, 0.4) is 0 Å². The van der Waals surface area contributed by atoms with E-state index in [-0.39, 0.29) is 0 Å². The zero-order valence-corrected chi connectivity index (χ0v) is 12.5. The van der Waals surface area contributed by atoms with E-state index < -0.39 is 0 Å². The van der Waals surface area contributed by atoms with Crippen molar-refractivity contribution in [2.45, 2.75) is 19.3 Å². The largest absolute Gasteiger partial charge is 0.348 e. The number of hydrogen-bond acceptors (Lipinski definition) is 3. The molecule has 0 bridgehead atoms. The Kier molecular flexibility index (Phi) is 3.66. The molecular weight excluding hydrogens is 308 g/mol. The molecule has 0 saturated carbocycles. The van der Waals surface area contributed by atoms with Gasteiger partial charge in [-0.2, -0.15) is 0 Å². The highest BCUT2D eigenvalue weighted by atomic mass is 79.9. The van der Waals surface area contributed by atoms with Gasteiger partial charge in [-0.15, -0.1) is 11.3 Å². The van der Waals surface area contributed by atoms with Crippen LogP contribution in [0.25, 0.3) is 11.3 Å². The van der Waals surface area contributed by atoms with Gasteiger partial charge in [0.05, 0.1) is 5.69 Å². The molecule has 2 heterocycles. The lowest BCUT2D eigenvalue weighted by atomic mass is 10.1. The van der Waals surface area contributed by atoms with Crippen molar-refractivity contribution in [1.29, 1.82) is 0 Å². The summed E-state index contributed by atoms with van der Waals surface area (Å²) in [6.45, 7) is 2.31. The fourth-order valence-corrected chi connectivity index (χ4v) is 3.65. The van der Waals surface area contributed by atoms with E-state index in [1.165, 1.54) is 30.0 Å². The maximum atomic E-state index is 4.78. The van der Waals surface area contributed by atoms with Crippen LogP contribution in [0.5, 0.6) is 0 Å². The third-order valence-electron chi connectivity index (χ3n) is 3.27. The lowest BCUT2D eigenvalue weighted by Gasteiger charge is -2.25. The molecule has 4 heteroatoms. The number of thiazole rings is 1. The molecule has 2 nitrogen and oxygen atoms in total. The van der Waals surface area contributed by atoms with E-state index in [4.69, 9.17) is 4.98 Å². The van der Waals surface area contributed by atoms with E-state index in [1.54, 1.807) is 11.3 Å². The van der Waals surface area contributed by atoms with Crippen LogP contribution >= 0.6 is 27.3 Å². The summed E-state index contributed by atoms with van der Waals surface area (Å²) in [6.07, 6.45) is 3.95. The molecule has 3 rings (SSSR count). The summed E-state index contributed by atoms with van der Waals surface area (Å²) >= 11 is 5.34. The zero-order valence-electron chi connectivity index (χ0n) is 10.1. The molecule has 1 fully saturated rings. The fourth-order valence-electron chi connectivity index (χ4n) is 2.29. The number of halogens is 1. The Labute approximate surface area is 120 Å². The third kappa shape index (κ3) is 2.45. The molecule has 0 aliphatic carbocycles. The normalized spacial score (nSPS) is 15.9. The van der Waals surface area contributed by atoms with Crippen molar-refractivity contribution in [1.82, 2.24) is 4.98 Å². The molecule has 94 valence electrons. The first-order chi connectivity index (χ1) is 8.84. The summed E-state index contributed by atoms with van der Waals surface area (Å²) in [5, 5.41) is 3.32. The van der Waals surface area contributed by atoms with Gasteiger partial charge in [0.15, 0.2) is 5.13 Å². The quantitative estimate of drug-likeness (QED) is 0.805. The number of anilines is 1. The van der Waals surface area contributed by atoms with Crippen molar-refractivity contribution in [3.05, 3.63) is 34.1 Å². The Morgan fingerprint density at radius 3 is 2.67 bits per heavy atom. The van der Waals surface area contributed by atoms with Crippen LogP contribution in [0, 0.1) is 0 Å². The number of benzene rings is 1. The van der Waals surface area contributed by atoms with E-state index in [0.717, 1.165) is 23.3 Å². The topological polar surface area (TPSA) is 16.1 Å². The third-order valence-corrected chi connectivity index (χ3v) is 4.86. The SMILES string of the molecule is Brc1ccccc1-c1csc(N2CCCCC2)n1. The number of hydrogen-bond donors (Lipinski definition) is 0. The zero-order chi connectivity index (χ0) is 12.4. The molecule has 1 aliphatic heterocycles. The average molecular weight is 323 g/mol. The van der Waals surface area contributed by atoms with Crippen LogP contribution in [0.2, 0.25) is 0 Å². The minimum Gasteiger partial charge on any atom is -0.348 e. The molecule has 0 amide bonds. The summed E-state index contributed by atoms with van der Waals surface area (Å²) in [5.74, 6) is 0. The predicted molar refractivity (Wildman–Crippen MR) is 81.3 cm³/mol. The molecule has 18 heavy (non-hydrogen) atoms. The van der Waals surface area contributed by atoms with Gasteiger partial charge in [-0.1, -0.05) is 34.1 Å². The number of aromatic nitrogens is 1. The lowest BCUT2D eigenvalue weighted by molar-refractivity contribution is 0.577. The van der Waals surface area contributed by atoms with Gasteiger partial charge >= 0.3 is 0 Å². The van der Waals surface area contributed by atoms with Crippen molar-refractivity contribution in [3.63, 3.8) is 0 Å². The lowest BCUT2D eigenvalue weighted by Crippen LogP contribution is -2.29. The van der Waals surface area contributed by atoms with Crippen molar-refractivity contribution in [3.8, 4) is 11.3 Å². The van der Waals surface area contributed by atoms with Gasteiger partial charge in [0.25, 0.3) is 0 Å². The summed E-state index contributed by atoms with van der Waals surface area (Å²) < 4.78 is 1.11. The number of piperidine rings is 1. The fraction of sp³-hybridized carbons (Fsp3) is 0.357. The highest BCUT2D eigenvalue weighted by molar-refractivity contribution is 9.10. The van der Waals surface area contributed by atoms with E-state index in [1.807, 2.05) is 6.07 Å². The van der Waals surface area contributed by atoms with Gasteiger partial charge in [0.1, 0.15) is 0 Å². The summed E-state index contributed by atoms with van der Waals surface area (Å²) in [5.41, 5.74) is 2.25. The molecular formula is C14H15BrN2S. The monoisotopic (exact) mass is 322 g/mol. The van der Waals surface area contributed by atoms with E-state index in [2.05, 4.69) is 44.4 Å². The Morgan fingerprint density at radius 2 is 1.89 bits per heavy atom. The van der Waals surface area contributed by atoms with Gasteiger partial charge in [-0.05, 0) is 25.3 Å². The van der Waals surface area contributed by atoms with Crippen LogP contribution < -0.4 is 4.90 Å². The van der Waals surface area contributed by atoms with Gasteiger partial charge in [-0.25, -0.2) is 4.98 Å². The second-order valence-electron chi connectivity index (χ2n) is 4.54. The Balaban J connectivity index is 1.87. The van der Waals surface area contributed by atoms with Gasteiger partial charge < -0.3 is 4.90 Å². The van der Waals surface area contributed by atoms with Crippen LogP contribution in [-0.2, 0) is 0 Å². The molecule has 1 aromatic carbocycles. The summed E-state index contributed by atoms with van der Waals surface area (Å²) in [6, 6.07) is 8.26. The minimum atomic E-state index is 1.08. The molecule has 0 spiro atoms. The van der Waals surface area contributed by atoms with Crippen LogP contribution in [0.15, 0.2) is 34.1 Å². The van der Waals surface area contributed by atoms with Crippen LogP contribution in [0.1, 0.15) is 19.3 Å². The standard InChI is InChI=1S/C14H15BrN2S/c15-12-7-3-2-6-11(12)13-10-18-14(16-13)17-8-4-1-5-9-17/h2-3,6-7,10H,1,4-5,8-9H2. The van der Waals surface area contributed by atoms with E-state index in [0.29, 0.717) is 0 Å².